The minimum atomic E-state index is -5.06. The Bertz CT molecular complexity index is 898. The second-order valence-electron chi connectivity index (χ2n) is 5.93. The highest BCUT2D eigenvalue weighted by molar-refractivity contribution is 6.06. The van der Waals surface area contributed by atoms with E-state index in [-0.39, 0.29) is 36.1 Å². The molecule has 0 saturated heterocycles. The zero-order valence-corrected chi connectivity index (χ0v) is 16.1. The number of carbonyl (C=O) groups excluding carboxylic acids is 2. The lowest BCUT2D eigenvalue weighted by Gasteiger charge is -2.18. The van der Waals surface area contributed by atoms with Crippen LogP contribution in [0, 0.1) is 6.92 Å². The summed E-state index contributed by atoms with van der Waals surface area (Å²) in [6, 6.07) is 9.43. The minimum absolute atomic E-state index is 0.0337. The summed E-state index contributed by atoms with van der Waals surface area (Å²) in [5, 5.41) is 4.46. The van der Waals surface area contributed by atoms with Crippen molar-refractivity contribution < 1.29 is 32.2 Å². The molecule has 0 aliphatic carbocycles. The molecule has 0 aliphatic heterocycles. The quantitative estimate of drug-likeness (QED) is 0.702. The fraction of sp³-hybridized carbons (Fsp3) is 0.300. The topological polar surface area (TPSA) is 76.7 Å². The van der Waals surface area contributed by atoms with Gasteiger partial charge in [-0.3, -0.25) is 9.59 Å². The number of amides is 2. The summed E-state index contributed by atoms with van der Waals surface area (Å²) in [6.45, 7) is 5.41. The molecule has 0 saturated carbocycles. The van der Waals surface area contributed by atoms with Crippen molar-refractivity contribution in [2.24, 2.45) is 0 Å². The molecule has 0 heterocycles. The molecule has 29 heavy (non-hydrogen) atoms. The molecule has 0 aliphatic rings. The third kappa shape index (κ3) is 5.63. The number of carbonyl (C=O) groups is 2. The Balaban J connectivity index is 2.43. The molecule has 0 aromatic heterocycles. The van der Waals surface area contributed by atoms with E-state index in [4.69, 9.17) is 9.47 Å². The van der Waals surface area contributed by atoms with Crippen LogP contribution < -0.4 is 20.1 Å². The van der Waals surface area contributed by atoms with Crippen molar-refractivity contribution in [3.05, 3.63) is 47.5 Å². The molecule has 2 amide bonds. The van der Waals surface area contributed by atoms with Gasteiger partial charge in [0.15, 0.2) is 0 Å². The van der Waals surface area contributed by atoms with Crippen LogP contribution in [0.2, 0.25) is 0 Å². The van der Waals surface area contributed by atoms with E-state index in [9.17, 15) is 22.8 Å². The van der Waals surface area contributed by atoms with Crippen LogP contribution in [0.3, 0.4) is 0 Å². The molecule has 0 radical (unpaired) electrons. The third-order valence-corrected chi connectivity index (χ3v) is 3.83. The smallest absolute Gasteiger partial charge is 0.471 e. The van der Waals surface area contributed by atoms with Crippen LogP contribution in [0.1, 0.15) is 29.8 Å². The molecule has 9 heteroatoms. The van der Waals surface area contributed by atoms with E-state index in [0.29, 0.717) is 5.56 Å². The molecule has 2 rings (SSSR count). The van der Waals surface area contributed by atoms with Gasteiger partial charge in [0, 0.05) is 17.7 Å². The summed E-state index contributed by atoms with van der Waals surface area (Å²) in [5.74, 6) is -2.50. The minimum Gasteiger partial charge on any atom is -0.492 e. The van der Waals surface area contributed by atoms with Crippen LogP contribution in [0.5, 0.6) is 11.5 Å². The molecule has 0 bridgehead atoms. The van der Waals surface area contributed by atoms with Crippen molar-refractivity contribution in [1.82, 2.24) is 0 Å². The van der Waals surface area contributed by atoms with Crippen molar-refractivity contribution in [2.75, 3.05) is 23.8 Å². The van der Waals surface area contributed by atoms with Gasteiger partial charge in [-0.1, -0.05) is 18.2 Å². The Labute approximate surface area is 166 Å². The van der Waals surface area contributed by atoms with Crippen LogP contribution in [0.25, 0.3) is 0 Å². The number of alkyl halides is 3. The third-order valence-electron chi connectivity index (χ3n) is 3.83. The molecule has 2 aromatic carbocycles. The molecule has 0 spiro atoms. The van der Waals surface area contributed by atoms with Gasteiger partial charge in [-0.05, 0) is 32.4 Å². The second kappa shape index (κ2) is 9.31. The van der Waals surface area contributed by atoms with E-state index in [1.807, 2.05) is 0 Å². The van der Waals surface area contributed by atoms with Crippen LogP contribution in [0.15, 0.2) is 36.4 Å². The Morgan fingerprint density at radius 3 is 1.93 bits per heavy atom. The van der Waals surface area contributed by atoms with Gasteiger partial charge in [0.2, 0.25) is 0 Å². The molecule has 6 nitrogen and oxygen atoms in total. The van der Waals surface area contributed by atoms with Gasteiger partial charge >= 0.3 is 12.1 Å². The van der Waals surface area contributed by atoms with Gasteiger partial charge in [-0.2, -0.15) is 13.2 Å². The van der Waals surface area contributed by atoms with Crippen LogP contribution >= 0.6 is 0 Å². The van der Waals surface area contributed by atoms with Crippen molar-refractivity contribution in [3.63, 3.8) is 0 Å². The fourth-order valence-corrected chi connectivity index (χ4v) is 2.52. The van der Waals surface area contributed by atoms with E-state index in [1.165, 1.54) is 12.1 Å². The Kier molecular flexibility index (Phi) is 7.08. The van der Waals surface area contributed by atoms with E-state index >= 15 is 0 Å². The fourth-order valence-electron chi connectivity index (χ4n) is 2.52. The molecular formula is C20H21F3N2O4. The predicted molar refractivity (Wildman–Crippen MR) is 103 cm³/mol. The lowest BCUT2D eigenvalue weighted by atomic mass is 10.1. The number of rotatable bonds is 7. The number of nitrogens with one attached hydrogen (secondary N) is 2. The zero-order chi connectivity index (χ0) is 21.6. The molecular weight excluding hydrogens is 389 g/mol. The zero-order valence-electron chi connectivity index (χ0n) is 16.1. The highest BCUT2D eigenvalue weighted by Gasteiger charge is 2.39. The first-order chi connectivity index (χ1) is 13.7. The van der Waals surface area contributed by atoms with Gasteiger partial charge in [-0.15, -0.1) is 0 Å². The average Bonchev–Trinajstić information content (AvgIpc) is 2.64. The van der Waals surface area contributed by atoms with Crippen LogP contribution in [-0.2, 0) is 4.79 Å². The lowest BCUT2D eigenvalue weighted by molar-refractivity contribution is -0.167. The summed E-state index contributed by atoms with van der Waals surface area (Å²) < 4.78 is 48.7. The van der Waals surface area contributed by atoms with Crippen molar-refractivity contribution in [1.29, 1.82) is 0 Å². The number of anilines is 2. The number of halogens is 3. The van der Waals surface area contributed by atoms with Gasteiger partial charge in [0.1, 0.15) is 11.5 Å². The summed E-state index contributed by atoms with van der Waals surface area (Å²) >= 11 is 0. The molecule has 0 unspecified atom stereocenters. The van der Waals surface area contributed by atoms with Gasteiger partial charge in [-0.25, -0.2) is 0 Å². The Hall–Kier alpha value is -3.23. The van der Waals surface area contributed by atoms with Crippen LogP contribution in [0.4, 0.5) is 24.5 Å². The summed E-state index contributed by atoms with van der Waals surface area (Å²) in [7, 11) is 0. The number of benzene rings is 2. The first-order valence-corrected chi connectivity index (χ1v) is 8.86. The van der Waals surface area contributed by atoms with Gasteiger partial charge < -0.3 is 20.1 Å². The lowest BCUT2D eigenvalue weighted by Crippen LogP contribution is -2.30. The Morgan fingerprint density at radius 1 is 0.931 bits per heavy atom. The predicted octanol–water partition coefficient (Wildman–Crippen LogP) is 4.55. The number of hydrogen-bond donors (Lipinski definition) is 2. The summed E-state index contributed by atoms with van der Waals surface area (Å²) in [6.07, 6.45) is -5.06. The van der Waals surface area contributed by atoms with Gasteiger partial charge in [0.05, 0.1) is 24.6 Å². The average molecular weight is 410 g/mol. The first kappa shape index (κ1) is 22.1. The number of ether oxygens (including phenoxy) is 2. The summed E-state index contributed by atoms with van der Waals surface area (Å²) in [4.78, 5) is 24.0. The van der Waals surface area contributed by atoms with E-state index < -0.39 is 18.0 Å². The first-order valence-electron chi connectivity index (χ1n) is 8.86. The van der Waals surface area contributed by atoms with Crippen LogP contribution in [-0.4, -0.2) is 31.2 Å². The molecule has 156 valence electrons. The SMILES string of the molecule is CCOc1cc(NC(=O)C(F)(F)F)c(OCC)cc1NC(=O)c1ccccc1C. The van der Waals surface area contributed by atoms with E-state index in [0.717, 1.165) is 5.56 Å². The Morgan fingerprint density at radius 2 is 1.45 bits per heavy atom. The number of hydrogen-bond acceptors (Lipinski definition) is 4. The molecule has 0 fully saturated rings. The normalized spacial score (nSPS) is 11.0. The van der Waals surface area contributed by atoms with Gasteiger partial charge in [0.25, 0.3) is 5.91 Å². The standard InChI is InChI=1S/C20H21F3N2O4/c1-4-28-16-11-15(25-19(27)20(21,22)23)17(29-5-2)10-14(16)24-18(26)13-9-7-6-8-12(13)3/h6-11H,4-5H2,1-3H3,(H,24,26)(H,25,27). The number of aryl methyl sites for hydroxylation is 1. The molecule has 2 N–H and O–H groups in total. The highest BCUT2D eigenvalue weighted by atomic mass is 19.4. The maximum Gasteiger partial charge on any atom is 0.471 e. The van der Waals surface area contributed by atoms with E-state index in [1.54, 1.807) is 50.4 Å². The molecule has 0 atom stereocenters. The van der Waals surface area contributed by atoms with Crippen molar-refractivity contribution in [2.45, 2.75) is 26.9 Å². The highest BCUT2D eigenvalue weighted by Crippen LogP contribution is 2.38. The monoisotopic (exact) mass is 410 g/mol. The largest absolute Gasteiger partial charge is 0.492 e. The van der Waals surface area contributed by atoms with E-state index in [2.05, 4.69) is 5.32 Å². The summed E-state index contributed by atoms with van der Waals surface area (Å²) in [5.41, 5.74) is 1.17. The molecule has 2 aromatic rings. The maximum absolute atomic E-state index is 12.6. The van der Waals surface area contributed by atoms with Crippen molar-refractivity contribution >= 4 is 23.2 Å². The van der Waals surface area contributed by atoms with Crippen molar-refractivity contribution in [3.8, 4) is 11.5 Å². The second-order valence-corrected chi connectivity index (χ2v) is 5.93. The maximum atomic E-state index is 12.6.